The minimum atomic E-state index is -0.494. The van der Waals surface area contributed by atoms with Gasteiger partial charge in [-0.1, -0.05) is 6.07 Å². The summed E-state index contributed by atoms with van der Waals surface area (Å²) in [6.07, 6.45) is 1.37. The van der Waals surface area contributed by atoms with Crippen molar-refractivity contribution in [1.29, 1.82) is 0 Å². The summed E-state index contributed by atoms with van der Waals surface area (Å²) < 4.78 is 5.34. The molecule has 1 aliphatic rings. The van der Waals surface area contributed by atoms with Crippen LogP contribution in [0.1, 0.15) is 38.1 Å². The number of ether oxygens (including phenoxy) is 1. The van der Waals surface area contributed by atoms with Crippen molar-refractivity contribution in [3.63, 3.8) is 0 Å². The van der Waals surface area contributed by atoms with Gasteiger partial charge in [-0.25, -0.2) is 4.79 Å². The maximum atomic E-state index is 12.0. The van der Waals surface area contributed by atoms with Gasteiger partial charge in [0.05, 0.1) is 12.2 Å². The smallest absolute Gasteiger partial charge is 0.410 e. The van der Waals surface area contributed by atoms with Crippen molar-refractivity contribution in [2.45, 2.75) is 39.0 Å². The van der Waals surface area contributed by atoms with E-state index in [9.17, 15) is 4.79 Å². The number of nitrogens with two attached hydrogens (primary N) is 1. The third-order valence-corrected chi connectivity index (χ3v) is 2.73. The third-order valence-electron chi connectivity index (χ3n) is 2.73. The number of rotatable bonds is 0. The van der Waals surface area contributed by atoms with Gasteiger partial charge in [0.25, 0.3) is 0 Å². The molecule has 1 aliphatic heterocycles. The largest absolute Gasteiger partial charge is 0.444 e. The number of fused-ring (bicyclic) bond motifs is 1. The zero-order chi connectivity index (χ0) is 13.3. The number of amides is 1. The lowest BCUT2D eigenvalue weighted by Gasteiger charge is -2.33. The molecule has 1 aromatic heterocycles. The molecular formula is C13H19N3O2. The molecule has 0 aromatic carbocycles. The lowest BCUT2D eigenvalue weighted by molar-refractivity contribution is 0.0203. The van der Waals surface area contributed by atoms with E-state index in [4.69, 9.17) is 10.5 Å². The van der Waals surface area contributed by atoms with Gasteiger partial charge in [0.1, 0.15) is 5.60 Å². The molecule has 0 bridgehead atoms. The molecule has 0 aliphatic carbocycles. The molecule has 5 heteroatoms. The molecule has 0 radical (unpaired) electrons. The molecule has 2 N–H and O–H groups in total. The molecule has 1 unspecified atom stereocenters. The van der Waals surface area contributed by atoms with Crippen LogP contribution in [0.2, 0.25) is 0 Å². The average Bonchev–Trinajstić information content (AvgIpc) is 2.26. The second-order valence-corrected chi connectivity index (χ2v) is 5.51. The number of hydrogen-bond donors (Lipinski definition) is 1. The van der Waals surface area contributed by atoms with Crippen LogP contribution >= 0.6 is 0 Å². The number of carbonyl (C=O) groups excluding carboxylic acids is 1. The topological polar surface area (TPSA) is 68.5 Å². The van der Waals surface area contributed by atoms with Gasteiger partial charge in [0.2, 0.25) is 0 Å². The number of carbonyl (C=O) groups is 1. The lowest BCUT2D eigenvalue weighted by atomic mass is 10.0. The van der Waals surface area contributed by atoms with Crippen LogP contribution < -0.4 is 5.73 Å². The summed E-state index contributed by atoms with van der Waals surface area (Å²) in [6.45, 7) is 6.47. The van der Waals surface area contributed by atoms with E-state index in [1.54, 1.807) is 11.1 Å². The molecule has 0 saturated carbocycles. The highest BCUT2D eigenvalue weighted by atomic mass is 16.6. The summed E-state index contributed by atoms with van der Waals surface area (Å²) in [5, 5.41) is 0. The van der Waals surface area contributed by atoms with E-state index in [0.717, 1.165) is 11.3 Å². The van der Waals surface area contributed by atoms with E-state index in [0.29, 0.717) is 13.1 Å². The van der Waals surface area contributed by atoms with E-state index in [2.05, 4.69) is 4.98 Å². The van der Waals surface area contributed by atoms with Gasteiger partial charge in [0.15, 0.2) is 0 Å². The molecule has 98 valence electrons. The van der Waals surface area contributed by atoms with E-state index in [1.807, 2.05) is 32.9 Å². The van der Waals surface area contributed by atoms with Crippen LogP contribution in [-0.2, 0) is 11.3 Å². The predicted molar refractivity (Wildman–Crippen MR) is 67.8 cm³/mol. The fourth-order valence-corrected chi connectivity index (χ4v) is 1.97. The minimum Gasteiger partial charge on any atom is -0.444 e. The molecular weight excluding hydrogens is 230 g/mol. The molecule has 0 saturated heterocycles. The monoisotopic (exact) mass is 249 g/mol. The van der Waals surface area contributed by atoms with Crippen molar-refractivity contribution < 1.29 is 9.53 Å². The van der Waals surface area contributed by atoms with Crippen molar-refractivity contribution in [3.05, 3.63) is 29.6 Å². The molecule has 2 rings (SSSR count). The Hall–Kier alpha value is -1.62. The highest BCUT2D eigenvalue weighted by Gasteiger charge is 2.29. The van der Waals surface area contributed by atoms with Crippen LogP contribution in [0.25, 0.3) is 0 Å². The van der Waals surface area contributed by atoms with Gasteiger partial charge in [-0.2, -0.15) is 0 Å². The highest BCUT2D eigenvalue weighted by molar-refractivity contribution is 5.68. The van der Waals surface area contributed by atoms with Gasteiger partial charge in [0, 0.05) is 18.8 Å². The van der Waals surface area contributed by atoms with Crippen molar-refractivity contribution in [2.75, 3.05) is 6.54 Å². The first kappa shape index (κ1) is 12.8. The number of pyridine rings is 1. The van der Waals surface area contributed by atoms with Crippen LogP contribution in [0.4, 0.5) is 4.79 Å². The molecule has 0 spiro atoms. The van der Waals surface area contributed by atoms with Crippen LogP contribution in [0.15, 0.2) is 18.3 Å². The Morgan fingerprint density at radius 3 is 2.94 bits per heavy atom. The van der Waals surface area contributed by atoms with Crippen molar-refractivity contribution in [3.8, 4) is 0 Å². The quantitative estimate of drug-likeness (QED) is 0.761. The Labute approximate surface area is 107 Å². The van der Waals surface area contributed by atoms with E-state index in [-0.39, 0.29) is 12.1 Å². The maximum absolute atomic E-state index is 12.0. The first-order chi connectivity index (χ1) is 8.37. The van der Waals surface area contributed by atoms with Gasteiger partial charge in [-0.3, -0.25) is 4.98 Å². The number of nitrogens with zero attached hydrogens (tertiary/aromatic N) is 2. The molecule has 18 heavy (non-hydrogen) atoms. The summed E-state index contributed by atoms with van der Waals surface area (Å²) in [7, 11) is 0. The van der Waals surface area contributed by atoms with Crippen LogP contribution in [0.3, 0.4) is 0 Å². The standard InChI is InChI=1S/C13H19N3O2/c1-13(2,3)18-12(17)16-7-10(14)9-5-4-6-15-11(9)8-16/h4-6,10H,7-8,14H2,1-3H3. The van der Waals surface area contributed by atoms with Crippen LogP contribution in [-0.4, -0.2) is 28.1 Å². The van der Waals surface area contributed by atoms with Crippen LogP contribution in [0.5, 0.6) is 0 Å². The van der Waals surface area contributed by atoms with E-state index >= 15 is 0 Å². The summed E-state index contributed by atoms with van der Waals surface area (Å²) >= 11 is 0. The van der Waals surface area contributed by atoms with Gasteiger partial charge >= 0.3 is 6.09 Å². The average molecular weight is 249 g/mol. The Kier molecular flexibility index (Phi) is 3.26. The summed E-state index contributed by atoms with van der Waals surface area (Å²) in [6, 6.07) is 3.62. The SMILES string of the molecule is CC(C)(C)OC(=O)N1Cc2ncccc2C(N)C1. The zero-order valence-corrected chi connectivity index (χ0v) is 11.0. The van der Waals surface area contributed by atoms with E-state index < -0.39 is 5.60 Å². The number of aromatic nitrogens is 1. The lowest BCUT2D eigenvalue weighted by Crippen LogP contribution is -2.43. The Balaban J connectivity index is 2.13. The Morgan fingerprint density at radius 1 is 1.56 bits per heavy atom. The third kappa shape index (κ3) is 2.79. The molecule has 0 fully saturated rings. The molecule has 1 aromatic rings. The second-order valence-electron chi connectivity index (χ2n) is 5.51. The van der Waals surface area contributed by atoms with Crippen LogP contribution in [0, 0.1) is 0 Å². The first-order valence-corrected chi connectivity index (χ1v) is 6.04. The van der Waals surface area contributed by atoms with Gasteiger partial charge in [-0.15, -0.1) is 0 Å². The molecule has 5 nitrogen and oxygen atoms in total. The molecule has 1 atom stereocenters. The van der Waals surface area contributed by atoms with Crippen molar-refractivity contribution >= 4 is 6.09 Å². The van der Waals surface area contributed by atoms with Gasteiger partial charge in [-0.05, 0) is 32.4 Å². The fraction of sp³-hybridized carbons (Fsp3) is 0.538. The molecule has 1 amide bonds. The maximum Gasteiger partial charge on any atom is 0.410 e. The van der Waals surface area contributed by atoms with Gasteiger partial charge < -0.3 is 15.4 Å². The highest BCUT2D eigenvalue weighted by Crippen LogP contribution is 2.24. The summed E-state index contributed by atoms with van der Waals surface area (Å²) in [5.74, 6) is 0. The second kappa shape index (κ2) is 4.57. The fourth-order valence-electron chi connectivity index (χ4n) is 1.97. The first-order valence-electron chi connectivity index (χ1n) is 6.04. The zero-order valence-electron chi connectivity index (χ0n) is 11.0. The summed E-state index contributed by atoms with van der Waals surface area (Å²) in [4.78, 5) is 17.9. The van der Waals surface area contributed by atoms with Crippen molar-refractivity contribution in [2.24, 2.45) is 5.73 Å². The Bertz CT molecular complexity index is 454. The Morgan fingerprint density at radius 2 is 2.28 bits per heavy atom. The van der Waals surface area contributed by atoms with Crippen molar-refractivity contribution in [1.82, 2.24) is 9.88 Å². The predicted octanol–water partition coefficient (Wildman–Crippen LogP) is 1.83. The number of hydrogen-bond acceptors (Lipinski definition) is 4. The summed E-state index contributed by atoms with van der Waals surface area (Å²) in [5.41, 5.74) is 7.41. The minimum absolute atomic E-state index is 0.199. The normalized spacial score (nSPS) is 19.3. The molecule has 2 heterocycles. The van der Waals surface area contributed by atoms with E-state index in [1.165, 1.54) is 0 Å².